The maximum atomic E-state index is 13.1. The van der Waals surface area contributed by atoms with Gasteiger partial charge < -0.3 is 10.2 Å². The number of alkyl halides is 3. The maximum Gasteiger partial charge on any atom is 0.416 e. The summed E-state index contributed by atoms with van der Waals surface area (Å²) in [6, 6.07) is 12.8. The molecule has 2 heterocycles. The lowest BCUT2D eigenvalue weighted by atomic mass is 10.1. The Labute approximate surface area is 212 Å². The van der Waals surface area contributed by atoms with Gasteiger partial charge in [-0.15, -0.1) is 5.10 Å². The molecule has 0 amide bonds. The Balaban J connectivity index is 1.76. The number of imidazole rings is 1. The number of benzene rings is 2. The van der Waals surface area contributed by atoms with Crippen LogP contribution < -0.4 is 5.69 Å². The number of hydrogen-bond donors (Lipinski definition) is 2. The molecule has 0 radical (unpaired) electrons. The van der Waals surface area contributed by atoms with Crippen LogP contribution in [0.4, 0.5) is 13.2 Å². The Morgan fingerprint density at radius 1 is 1.00 bits per heavy atom. The van der Waals surface area contributed by atoms with E-state index >= 15 is 0 Å². The van der Waals surface area contributed by atoms with Crippen molar-refractivity contribution in [1.29, 1.82) is 0 Å². The molecule has 2 aromatic carbocycles. The molecule has 4 aromatic rings. The molecule has 2 N–H and O–H groups in total. The van der Waals surface area contributed by atoms with Crippen LogP contribution in [0.25, 0.3) is 16.9 Å². The fraction of sp³-hybridized carbons (Fsp3) is 0.261. The number of hydrogen-bond acceptors (Lipinski definition) is 5. The summed E-state index contributed by atoms with van der Waals surface area (Å²) >= 11 is 11.9. The first-order chi connectivity index (χ1) is 16.9. The summed E-state index contributed by atoms with van der Waals surface area (Å²) in [5.41, 5.74) is 0.334. The first-order valence-corrected chi connectivity index (χ1v) is 11.4. The van der Waals surface area contributed by atoms with Gasteiger partial charge in [0.1, 0.15) is 6.10 Å². The molecule has 0 spiro atoms. The van der Waals surface area contributed by atoms with Crippen LogP contribution in [-0.2, 0) is 13.1 Å². The summed E-state index contributed by atoms with van der Waals surface area (Å²) < 4.78 is 42.6. The zero-order chi connectivity index (χ0) is 26.2. The van der Waals surface area contributed by atoms with Crippen molar-refractivity contribution in [3.63, 3.8) is 0 Å². The minimum atomic E-state index is -4.91. The van der Waals surface area contributed by atoms with Gasteiger partial charge in [0.05, 0.1) is 24.5 Å². The van der Waals surface area contributed by atoms with Gasteiger partial charge in [0.15, 0.2) is 17.8 Å². The summed E-state index contributed by atoms with van der Waals surface area (Å²) in [7, 11) is 0. The lowest BCUT2D eigenvalue weighted by molar-refractivity contribution is -0.207. The molecule has 0 saturated heterocycles. The summed E-state index contributed by atoms with van der Waals surface area (Å²) in [5.74, 6) is 0.337. The highest BCUT2D eigenvalue weighted by molar-refractivity contribution is 6.30. The fourth-order valence-corrected chi connectivity index (χ4v) is 3.83. The number of aliphatic hydroxyl groups is 2. The third-order valence-electron chi connectivity index (χ3n) is 5.35. The van der Waals surface area contributed by atoms with Crippen LogP contribution in [0.15, 0.2) is 59.5 Å². The van der Waals surface area contributed by atoms with Gasteiger partial charge >= 0.3 is 11.9 Å². The van der Waals surface area contributed by atoms with E-state index in [0.717, 1.165) is 9.13 Å². The topological polar surface area (TPSA) is 98.1 Å². The van der Waals surface area contributed by atoms with E-state index in [0.29, 0.717) is 21.3 Å². The fourth-order valence-electron chi connectivity index (χ4n) is 3.58. The second kappa shape index (κ2) is 10.1. The molecular weight excluding hydrogens is 522 g/mol. The van der Waals surface area contributed by atoms with E-state index in [1.165, 1.54) is 29.9 Å². The molecule has 0 aliphatic heterocycles. The van der Waals surface area contributed by atoms with E-state index < -0.39 is 30.6 Å². The first kappa shape index (κ1) is 26.0. The van der Waals surface area contributed by atoms with Gasteiger partial charge in [-0.1, -0.05) is 35.3 Å². The van der Waals surface area contributed by atoms with Crippen LogP contribution in [0.3, 0.4) is 0 Å². The van der Waals surface area contributed by atoms with Crippen molar-refractivity contribution in [2.75, 3.05) is 0 Å². The van der Waals surface area contributed by atoms with Crippen molar-refractivity contribution in [2.24, 2.45) is 0 Å². The number of aliphatic hydroxyl groups excluding tert-OH is 2. The standard InChI is InChI=1S/C23H20Cl2F3N5O3/c1-13(34)21-29-20(30-33(21)17-8-6-16(25)7-9-17)12-31-10-18(14-2-4-15(24)5-3-14)32(22(31)36)11-19(35)23(26,27)28/h2-10,13,19,34-35H,11-12H2,1H3. The van der Waals surface area contributed by atoms with Crippen LogP contribution in [0.5, 0.6) is 0 Å². The predicted molar refractivity (Wildman–Crippen MR) is 127 cm³/mol. The van der Waals surface area contributed by atoms with Crippen LogP contribution >= 0.6 is 23.2 Å². The van der Waals surface area contributed by atoms with Gasteiger partial charge in [-0.05, 0) is 48.9 Å². The third kappa shape index (κ3) is 5.49. The van der Waals surface area contributed by atoms with E-state index in [1.807, 2.05) is 0 Å². The van der Waals surface area contributed by atoms with Gasteiger partial charge in [0.2, 0.25) is 0 Å². The minimum Gasteiger partial charge on any atom is -0.385 e. The quantitative estimate of drug-likeness (QED) is 0.365. The van der Waals surface area contributed by atoms with Crippen molar-refractivity contribution in [2.45, 2.75) is 38.4 Å². The SMILES string of the molecule is CC(O)c1nc(Cn2cc(-c3ccc(Cl)cc3)n(CC(O)C(F)(F)F)c2=O)nn1-c1ccc(Cl)cc1. The minimum absolute atomic E-state index is 0.138. The number of rotatable bonds is 7. The Morgan fingerprint density at radius 2 is 1.58 bits per heavy atom. The van der Waals surface area contributed by atoms with Gasteiger partial charge in [0, 0.05) is 16.2 Å². The average molecular weight is 542 g/mol. The molecule has 0 aliphatic rings. The summed E-state index contributed by atoms with van der Waals surface area (Å²) in [5, 5.41) is 25.1. The Hall–Kier alpha value is -3.12. The molecule has 2 unspecified atom stereocenters. The van der Waals surface area contributed by atoms with Crippen LogP contribution in [0.1, 0.15) is 24.7 Å². The Kier molecular flexibility index (Phi) is 7.28. The lowest BCUT2D eigenvalue weighted by Crippen LogP contribution is -2.37. The van der Waals surface area contributed by atoms with Gasteiger partial charge in [-0.3, -0.25) is 9.13 Å². The zero-order valence-corrected chi connectivity index (χ0v) is 20.2. The Bertz CT molecular complexity index is 1410. The van der Waals surface area contributed by atoms with Crippen molar-refractivity contribution in [3.05, 3.63) is 86.9 Å². The Morgan fingerprint density at radius 3 is 2.14 bits per heavy atom. The van der Waals surface area contributed by atoms with Crippen molar-refractivity contribution in [1.82, 2.24) is 23.9 Å². The molecule has 0 aliphatic carbocycles. The molecule has 36 heavy (non-hydrogen) atoms. The van der Waals surface area contributed by atoms with Crippen LogP contribution in [0, 0.1) is 0 Å². The lowest BCUT2D eigenvalue weighted by Gasteiger charge is -2.16. The summed E-state index contributed by atoms with van der Waals surface area (Å²) in [6.07, 6.45) is -7.31. The summed E-state index contributed by atoms with van der Waals surface area (Å²) in [4.78, 5) is 17.4. The molecule has 8 nitrogen and oxygen atoms in total. The molecule has 0 saturated carbocycles. The normalized spacial score (nSPS) is 13.7. The number of halogens is 5. The molecule has 13 heteroatoms. The van der Waals surface area contributed by atoms with Crippen LogP contribution in [0.2, 0.25) is 10.0 Å². The van der Waals surface area contributed by atoms with E-state index in [-0.39, 0.29) is 23.9 Å². The van der Waals surface area contributed by atoms with E-state index in [1.54, 1.807) is 36.4 Å². The molecule has 2 atom stereocenters. The monoisotopic (exact) mass is 541 g/mol. The molecule has 190 valence electrons. The highest BCUT2D eigenvalue weighted by Crippen LogP contribution is 2.25. The maximum absolute atomic E-state index is 13.1. The average Bonchev–Trinajstić information content (AvgIpc) is 3.37. The zero-order valence-electron chi connectivity index (χ0n) is 18.7. The van der Waals surface area contributed by atoms with Crippen molar-refractivity contribution >= 4 is 23.2 Å². The number of nitrogens with zero attached hydrogens (tertiary/aromatic N) is 5. The van der Waals surface area contributed by atoms with Crippen molar-refractivity contribution < 1.29 is 23.4 Å². The van der Waals surface area contributed by atoms with Gasteiger partial charge in [-0.2, -0.15) is 13.2 Å². The van der Waals surface area contributed by atoms with E-state index in [2.05, 4.69) is 10.1 Å². The molecule has 0 fully saturated rings. The second-order valence-electron chi connectivity index (χ2n) is 8.05. The largest absolute Gasteiger partial charge is 0.416 e. The second-order valence-corrected chi connectivity index (χ2v) is 8.92. The summed E-state index contributed by atoms with van der Waals surface area (Å²) in [6.45, 7) is 0.299. The third-order valence-corrected chi connectivity index (χ3v) is 5.86. The molecule has 0 bridgehead atoms. The molecular formula is C23H20Cl2F3N5O3. The van der Waals surface area contributed by atoms with Crippen molar-refractivity contribution in [3.8, 4) is 16.9 Å². The van der Waals surface area contributed by atoms with Gasteiger partial charge in [-0.25, -0.2) is 14.5 Å². The number of aromatic nitrogens is 5. The molecule has 2 aromatic heterocycles. The smallest absolute Gasteiger partial charge is 0.385 e. The first-order valence-electron chi connectivity index (χ1n) is 10.6. The predicted octanol–water partition coefficient (Wildman–Crippen LogP) is 4.23. The van der Waals surface area contributed by atoms with E-state index in [9.17, 15) is 28.2 Å². The highest BCUT2D eigenvalue weighted by Gasteiger charge is 2.39. The highest BCUT2D eigenvalue weighted by atomic mass is 35.5. The molecule has 4 rings (SSSR count). The van der Waals surface area contributed by atoms with Crippen LogP contribution in [-0.4, -0.2) is 46.4 Å². The van der Waals surface area contributed by atoms with E-state index in [4.69, 9.17) is 23.2 Å². The van der Waals surface area contributed by atoms with Gasteiger partial charge in [0.25, 0.3) is 0 Å².